The van der Waals surface area contributed by atoms with Crippen molar-refractivity contribution >= 4 is 32.7 Å². The first-order valence-corrected chi connectivity index (χ1v) is 17.8. The minimum atomic E-state index is 0.641. The van der Waals surface area contributed by atoms with Crippen LogP contribution < -0.4 is 0 Å². The molecule has 0 N–H and O–H groups in total. The fourth-order valence-corrected chi connectivity index (χ4v) is 7.26. The fraction of sp³-hybridized carbons (Fsp3) is 0. The molecule has 0 atom stereocenters. The Kier molecular flexibility index (Phi) is 7.43. The molecular formula is C49H31N3O. The predicted octanol–water partition coefficient (Wildman–Crippen LogP) is 12.9. The van der Waals surface area contributed by atoms with Crippen LogP contribution >= 0.6 is 0 Å². The molecule has 0 bridgehead atoms. The number of benzene rings is 8. The lowest BCUT2D eigenvalue weighted by Crippen LogP contribution is -2.00. The van der Waals surface area contributed by atoms with Gasteiger partial charge in [-0.1, -0.05) is 164 Å². The Hall–Kier alpha value is -7.17. The minimum Gasteiger partial charge on any atom is -0.455 e. The van der Waals surface area contributed by atoms with Crippen LogP contribution in [0.1, 0.15) is 0 Å². The molecule has 53 heavy (non-hydrogen) atoms. The normalized spacial score (nSPS) is 11.4. The molecule has 0 saturated carbocycles. The standard InChI is InChI=1S/C49H31N3O/c1-4-13-33(14-5-1)42-31-44-43-30-39(27-28-45(43)53-46(44)41-22-11-10-21-40(41)42)38-20-12-19-37(29-38)32-23-25-36(26-24-32)49-51-47(34-15-6-2-7-16-34)50-48(52-49)35-17-8-3-9-18-35/h1-31H. The van der Waals surface area contributed by atoms with E-state index in [-0.39, 0.29) is 0 Å². The summed E-state index contributed by atoms with van der Waals surface area (Å²) >= 11 is 0. The third-order valence-electron chi connectivity index (χ3n) is 9.93. The molecule has 4 nitrogen and oxygen atoms in total. The average molecular weight is 678 g/mol. The zero-order chi connectivity index (χ0) is 35.1. The Morgan fingerprint density at radius 2 is 0.736 bits per heavy atom. The maximum Gasteiger partial charge on any atom is 0.164 e. The first-order chi connectivity index (χ1) is 26.2. The quantitative estimate of drug-likeness (QED) is 0.176. The molecule has 2 heterocycles. The van der Waals surface area contributed by atoms with Crippen LogP contribution in [0.4, 0.5) is 0 Å². The summed E-state index contributed by atoms with van der Waals surface area (Å²) in [7, 11) is 0. The number of hydrogen-bond acceptors (Lipinski definition) is 4. The van der Waals surface area contributed by atoms with E-state index in [0.717, 1.165) is 66.3 Å². The fourth-order valence-electron chi connectivity index (χ4n) is 7.26. The predicted molar refractivity (Wildman–Crippen MR) is 217 cm³/mol. The number of aromatic nitrogens is 3. The Balaban J connectivity index is 1.02. The summed E-state index contributed by atoms with van der Waals surface area (Å²) in [5.74, 6) is 1.94. The first kappa shape index (κ1) is 30.6. The van der Waals surface area contributed by atoms with Gasteiger partial charge in [0.2, 0.25) is 0 Å². The van der Waals surface area contributed by atoms with Crippen LogP contribution in [0.5, 0.6) is 0 Å². The summed E-state index contributed by atoms with van der Waals surface area (Å²) in [5.41, 5.74) is 11.6. The summed E-state index contributed by atoms with van der Waals surface area (Å²) in [6, 6.07) is 65.3. The van der Waals surface area contributed by atoms with Gasteiger partial charge < -0.3 is 4.42 Å². The highest BCUT2D eigenvalue weighted by atomic mass is 16.3. The van der Waals surface area contributed by atoms with Gasteiger partial charge in [0.05, 0.1) is 0 Å². The minimum absolute atomic E-state index is 0.641. The van der Waals surface area contributed by atoms with Gasteiger partial charge in [-0.3, -0.25) is 0 Å². The molecule has 0 unspecified atom stereocenters. The van der Waals surface area contributed by atoms with Gasteiger partial charge in [-0.25, -0.2) is 15.0 Å². The van der Waals surface area contributed by atoms with Crippen LogP contribution in [0.2, 0.25) is 0 Å². The molecule has 0 spiro atoms. The molecule has 10 aromatic rings. The van der Waals surface area contributed by atoms with E-state index in [9.17, 15) is 0 Å². The van der Waals surface area contributed by atoms with Gasteiger partial charge in [0.25, 0.3) is 0 Å². The highest BCUT2D eigenvalue weighted by Gasteiger charge is 2.16. The summed E-state index contributed by atoms with van der Waals surface area (Å²) < 4.78 is 6.54. The molecule has 0 aliphatic heterocycles. The molecule has 4 heteroatoms. The number of furan rings is 1. The molecule has 0 amide bonds. The van der Waals surface area contributed by atoms with Crippen molar-refractivity contribution < 1.29 is 4.42 Å². The SMILES string of the molecule is c1ccc(-c2nc(-c3ccccc3)nc(-c3ccc(-c4cccc(-c5ccc6oc7c8ccccc8c(-c8ccccc8)cc7c6c5)c4)cc3)n2)cc1. The van der Waals surface area contributed by atoms with Crippen LogP contribution in [-0.2, 0) is 0 Å². The second-order valence-electron chi connectivity index (χ2n) is 13.2. The van der Waals surface area contributed by atoms with E-state index in [1.807, 2.05) is 60.7 Å². The van der Waals surface area contributed by atoms with E-state index in [4.69, 9.17) is 19.4 Å². The van der Waals surface area contributed by atoms with Crippen LogP contribution in [0.25, 0.3) is 100 Å². The second kappa shape index (κ2) is 12.9. The van der Waals surface area contributed by atoms with Crippen molar-refractivity contribution in [1.29, 1.82) is 0 Å². The van der Waals surface area contributed by atoms with E-state index >= 15 is 0 Å². The number of nitrogens with zero attached hydrogens (tertiary/aromatic N) is 3. The number of fused-ring (bicyclic) bond motifs is 5. The highest BCUT2D eigenvalue weighted by molar-refractivity contribution is 6.19. The molecule has 0 fully saturated rings. The van der Waals surface area contributed by atoms with Crippen molar-refractivity contribution in [2.45, 2.75) is 0 Å². The first-order valence-electron chi connectivity index (χ1n) is 17.8. The highest BCUT2D eigenvalue weighted by Crippen LogP contribution is 2.41. The molecule has 0 aliphatic carbocycles. The Bertz CT molecular complexity index is 2860. The van der Waals surface area contributed by atoms with Crippen molar-refractivity contribution in [2.24, 2.45) is 0 Å². The summed E-state index contributed by atoms with van der Waals surface area (Å²) in [4.78, 5) is 14.7. The number of hydrogen-bond donors (Lipinski definition) is 0. The van der Waals surface area contributed by atoms with Gasteiger partial charge in [-0.15, -0.1) is 0 Å². The van der Waals surface area contributed by atoms with E-state index in [1.54, 1.807) is 0 Å². The van der Waals surface area contributed by atoms with Crippen LogP contribution in [-0.4, -0.2) is 15.0 Å². The van der Waals surface area contributed by atoms with Crippen molar-refractivity contribution in [3.05, 3.63) is 188 Å². The van der Waals surface area contributed by atoms with Gasteiger partial charge in [0, 0.05) is 32.8 Å². The van der Waals surface area contributed by atoms with Crippen molar-refractivity contribution in [3.63, 3.8) is 0 Å². The lowest BCUT2D eigenvalue weighted by Gasteiger charge is -2.10. The Morgan fingerprint density at radius 3 is 1.36 bits per heavy atom. The smallest absolute Gasteiger partial charge is 0.164 e. The lowest BCUT2D eigenvalue weighted by atomic mass is 9.94. The molecule has 0 aliphatic rings. The zero-order valence-corrected chi connectivity index (χ0v) is 28.6. The second-order valence-corrected chi connectivity index (χ2v) is 13.2. The van der Waals surface area contributed by atoms with E-state index in [0.29, 0.717) is 17.5 Å². The van der Waals surface area contributed by atoms with Gasteiger partial charge in [-0.2, -0.15) is 0 Å². The number of rotatable bonds is 6. The largest absolute Gasteiger partial charge is 0.455 e. The topological polar surface area (TPSA) is 51.8 Å². The molecule has 248 valence electrons. The Labute approximate surface area is 306 Å². The zero-order valence-electron chi connectivity index (χ0n) is 28.6. The van der Waals surface area contributed by atoms with Gasteiger partial charge in [0.15, 0.2) is 17.5 Å². The third kappa shape index (κ3) is 5.63. The maximum absolute atomic E-state index is 6.54. The van der Waals surface area contributed by atoms with Gasteiger partial charge in [-0.05, 0) is 63.0 Å². The van der Waals surface area contributed by atoms with Crippen LogP contribution in [0.3, 0.4) is 0 Å². The summed E-state index contributed by atoms with van der Waals surface area (Å²) in [6.45, 7) is 0. The summed E-state index contributed by atoms with van der Waals surface area (Å²) in [6.07, 6.45) is 0. The molecule has 2 aromatic heterocycles. The van der Waals surface area contributed by atoms with Crippen LogP contribution in [0, 0.1) is 0 Å². The molecule has 0 radical (unpaired) electrons. The lowest BCUT2D eigenvalue weighted by molar-refractivity contribution is 0.673. The van der Waals surface area contributed by atoms with E-state index < -0.39 is 0 Å². The van der Waals surface area contributed by atoms with E-state index in [1.165, 1.54) is 16.5 Å². The molecular weight excluding hydrogens is 647 g/mol. The summed E-state index contributed by atoms with van der Waals surface area (Å²) in [5, 5.41) is 4.54. The van der Waals surface area contributed by atoms with Crippen molar-refractivity contribution in [2.75, 3.05) is 0 Å². The molecule has 10 rings (SSSR count). The van der Waals surface area contributed by atoms with Crippen molar-refractivity contribution in [3.8, 4) is 67.5 Å². The van der Waals surface area contributed by atoms with Gasteiger partial charge >= 0.3 is 0 Å². The van der Waals surface area contributed by atoms with E-state index in [2.05, 4.69) is 127 Å². The average Bonchev–Trinajstić information content (AvgIpc) is 3.62. The van der Waals surface area contributed by atoms with Gasteiger partial charge in [0.1, 0.15) is 11.2 Å². The monoisotopic (exact) mass is 677 g/mol. The third-order valence-corrected chi connectivity index (χ3v) is 9.93. The molecule has 0 saturated heterocycles. The van der Waals surface area contributed by atoms with Crippen LogP contribution in [0.15, 0.2) is 192 Å². The van der Waals surface area contributed by atoms with Crippen molar-refractivity contribution in [1.82, 2.24) is 15.0 Å². The molecule has 8 aromatic carbocycles. The maximum atomic E-state index is 6.54. The Morgan fingerprint density at radius 1 is 0.283 bits per heavy atom.